The maximum absolute atomic E-state index is 8.99. The van der Waals surface area contributed by atoms with E-state index in [2.05, 4.69) is 17.9 Å². The number of nitrogens with zero attached hydrogens (tertiary/aromatic N) is 2. The van der Waals surface area contributed by atoms with Crippen molar-refractivity contribution in [2.75, 3.05) is 26.2 Å². The van der Waals surface area contributed by atoms with Gasteiger partial charge in [-0.05, 0) is 24.2 Å². The molecule has 0 bridgehead atoms. The smallest absolute Gasteiger partial charge is 0.0991 e. The number of hydrogen-bond acceptors (Lipinski definition) is 4. The van der Waals surface area contributed by atoms with Gasteiger partial charge in [-0.15, -0.1) is 0 Å². The second-order valence-electron chi connectivity index (χ2n) is 4.46. The Labute approximate surface area is 108 Å². The molecule has 0 radical (unpaired) electrons. The van der Waals surface area contributed by atoms with Crippen molar-refractivity contribution in [1.29, 1.82) is 5.26 Å². The molecule has 0 aliphatic carbocycles. The van der Waals surface area contributed by atoms with E-state index in [-0.39, 0.29) is 12.1 Å². The van der Waals surface area contributed by atoms with Gasteiger partial charge in [0.2, 0.25) is 0 Å². The molecule has 0 aromatic heterocycles. The Morgan fingerprint density at radius 2 is 2.39 bits per heavy atom. The van der Waals surface area contributed by atoms with E-state index >= 15 is 0 Å². The van der Waals surface area contributed by atoms with Crippen LogP contribution in [0.25, 0.3) is 0 Å². The molecule has 2 unspecified atom stereocenters. The minimum atomic E-state index is 0.00708. The van der Waals surface area contributed by atoms with Crippen LogP contribution in [0.1, 0.15) is 24.1 Å². The number of morpholine rings is 1. The molecule has 18 heavy (non-hydrogen) atoms. The molecule has 1 heterocycles. The normalized spacial score (nSPS) is 24.7. The fourth-order valence-electron chi connectivity index (χ4n) is 2.56. The van der Waals surface area contributed by atoms with E-state index in [0.717, 1.165) is 25.3 Å². The molecule has 4 nitrogen and oxygen atoms in total. The third-order valence-electron chi connectivity index (χ3n) is 3.45. The average molecular weight is 245 g/mol. The van der Waals surface area contributed by atoms with Gasteiger partial charge in [0.05, 0.1) is 30.4 Å². The summed E-state index contributed by atoms with van der Waals surface area (Å²) in [7, 11) is 0. The third-order valence-corrected chi connectivity index (χ3v) is 3.45. The largest absolute Gasteiger partial charge is 0.374 e. The zero-order valence-electron chi connectivity index (χ0n) is 10.7. The fraction of sp³-hybridized carbons (Fsp3) is 0.500. The first-order valence-electron chi connectivity index (χ1n) is 6.36. The molecule has 0 spiro atoms. The highest BCUT2D eigenvalue weighted by molar-refractivity contribution is 5.35. The van der Waals surface area contributed by atoms with Gasteiger partial charge in [0.25, 0.3) is 0 Å². The Morgan fingerprint density at radius 1 is 1.56 bits per heavy atom. The van der Waals surface area contributed by atoms with Gasteiger partial charge in [0, 0.05) is 13.1 Å². The van der Waals surface area contributed by atoms with Crippen molar-refractivity contribution in [1.82, 2.24) is 4.90 Å². The van der Waals surface area contributed by atoms with Crippen molar-refractivity contribution in [3.05, 3.63) is 35.4 Å². The number of rotatable bonds is 3. The van der Waals surface area contributed by atoms with E-state index in [9.17, 15) is 0 Å². The highest BCUT2D eigenvalue weighted by Gasteiger charge is 2.31. The maximum atomic E-state index is 8.99. The van der Waals surface area contributed by atoms with Crippen LogP contribution in [0, 0.1) is 11.3 Å². The molecule has 0 amide bonds. The zero-order valence-corrected chi connectivity index (χ0v) is 10.7. The van der Waals surface area contributed by atoms with Gasteiger partial charge in [-0.1, -0.05) is 19.1 Å². The summed E-state index contributed by atoms with van der Waals surface area (Å²) < 4.78 is 5.75. The van der Waals surface area contributed by atoms with Crippen molar-refractivity contribution in [3.63, 3.8) is 0 Å². The molecule has 1 fully saturated rings. The van der Waals surface area contributed by atoms with Crippen LogP contribution in [-0.4, -0.2) is 37.2 Å². The Bertz CT molecular complexity index is 429. The van der Waals surface area contributed by atoms with E-state index in [0.29, 0.717) is 12.1 Å². The number of benzene rings is 1. The van der Waals surface area contributed by atoms with Crippen molar-refractivity contribution in [3.8, 4) is 6.07 Å². The molecule has 1 aromatic carbocycles. The molecule has 2 N–H and O–H groups in total. The van der Waals surface area contributed by atoms with Crippen LogP contribution >= 0.6 is 0 Å². The SMILES string of the molecule is CCN1CCOC(CN)C1c1cccc(C#N)c1. The van der Waals surface area contributed by atoms with Gasteiger partial charge in [-0.25, -0.2) is 0 Å². The van der Waals surface area contributed by atoms with E-state index in [4.69, 9.17) is 15.7 Å². The van der Waals surface area contributed by atoms with Gasteiger partial charge >= 0.3 is 0 Å². The lowest BCUT2D eigenvalue weighted by atomic mass is 9.96. The second-order valence-corrected chi connectivity index (χ2v) is 4.46. The number of ether oxygens (including phenoxy) is 1. The second kappa shape index (κ2) is 5.96. The van der Waals surface area contributed by atoms with Crippen LogP contribution in [-0.2, 0) is 4.74 Å². The maximum Gasteiger partial charge on any atom is 0.0991 e. The summed E-state index contributed by atoms with van der Waals surface area (Å²) in [6.45, 7) is 5.23. The summed E-state index contributed by atoms with van der Waals surface area (Å²) in [6.07, 6.45) is 0.00708. The lowest BCUT2D eigenvalue weighted by molar-refractivity contribution is -0.0658. The minimum Gasteiger partial charge on any atom is -0.374 e. The molecule has 2 rings (SSSR count). The average Bonchev–Trinajstić information content (AvgIpc) is 2.46. The van der Waals surface area contributed by atoms with Gasteiger partial charge in [0.1, 0.15) is 0 Å². The molecular formula is C14H19N3O. The summed E-state index contributed by atoms with van der Waals surface area (Å²) in [6, 6.07) is 10.1. The lowest BCUT2D eigenvalue weighted by Crippen LogP contribution is -2.48. The molecular weight excluding hydrogens is 226 g/mol. The summed E-state index contributed by atoms with van der Waals surface area (Å²) in [5, 5.41) is 8.99. The quantitative estimate of drug-likeness (QED) is 0.871. The van der Waals surface area contributed by atoms with Crippen LogP contribution in [0.15, 0.2) is 24.3 Å². The molecule has 0 saturated carbocycles. The van der Waals surface area contributed by atoms with Crippen molar-refractivity contribution >= 4 is 0 Å². The molecule has 2 atom stereocenters. The number of hydrogen-bond donors (Lipinski definition) is 1. The first-order chi connectivity index (χ1) is 8.80. The van der Waals surface area contributed by atoms with E-state index in [1.807, 2.05) is 24.3 Å². The number of nitriles is 1. The summed E-state index contributed by atoms with van der Waals surface area (Å²) in [5.74, 6) is 0. The van der Waals surface area contributed by atoms with Crippen LogP contribution in [0.4, 0.5) is 0 Å². The summed E-state index contributed by atoms with van der Waals surface area (Å²) in [4.78, 5) is 2.36. The topological polar surface area (TPSA) is 62.3 Å². The highest BCUT2D eigenvalue weighted by atomic mass is 16.5. The Balaban J connectivity index is 2.33. The summed E-state index contributed by atoms with van der Waals surface area (Å²) >= 11 is 0. The van der Waals surface area contributed by atoms with Gasteiger partial charge in [-0.3, -0.25) is 4.90 Å². The van der Waals surface area contributed by atoms with Crippen molar-refractivity contribution in [2.24, 2.45) is 5.73 Å². The Morgan fingerprint density at radius 3 is 3.06 bits per heavy atom. The molecule has 1 aliphatic heterocycles. The minimum absolute atomic E-state index is 0.00708. The predicted molar refractivity (Wildman–Crippen MR) is 69.9 cm³/mol. The number of nitrogens with two attached hydrogens (primary N) is 1. The van der Waals surface area contributed by atoms with Crippen molar-refractivity contribution in [2.45, 2.75) is 19.1 Å². The van der Waals surface area contributed by atoms with Crippen molar-refractivity contribution < 1.29 is 4.74 Å². The lowest BCUT2D eigenvalue weighted by Gasteiger charge is -2.40. The first-order valence-corrected chi connectivity index (χ1v) is 6.36. The Kier molecular flexibility index (Phi) is 4.32. The monoisotopic (exact) mass is 245 g/mol. The molecule has 1 aromatic rings. The van der Waals surface area contributed by atoms with Crippen LogP contribution in [0.5, 0.6) is 0 Å². The highest BCUT2D eigenvalue weighted by Crippen LogP contribution is 2.29. The Hall–Kier alpha value is -1.41. The number of likely N-dealkylation sites (N-methyl/N-ethyl adjacent to an activating group) is 1. The van der Waals surface area contributed by atoms with E-state index in [1.54, 1.807) is 0 Å². The van der Waals surface area contributed by atoms with Gasteiger partial charge < -0.3 is 10.5 Å². The molecule has 96 valence electrons. The van der Waals surface area contributed by atoms with Crippen LogP contribution in [0.3, 0.4) is 0 Å². The fourth-order valence-corrected chi connectivity index (χ4v) is 2.56. The summed E-state index contributed by atoms with van der Waals surface area (Å²) in [5.41, 5.74) is 7.60. The van der Waals surface area contributed by atoms with E-state index in [1.165, 1.54) is 0 Å². The van der Waals surface area contributed by atoms with Crippen LogP contribution < -0.4 is 5.73 Å². The van der Waals surface area contributed by atoms with Gasteiger partial charge in [0.15, 0.2) is 0 Å². The predicted octanol–water partition coefficient (Wildman–Crippen LogP) is 1.28. The zero-order chi connectivity index (χ0) is 13.0. The molecule has 1 saturated heterocycles. The molecule has 1 aliphatic rings. The van der Waals surface area contributed by atoms with E-state index < -0.39 is 0 Å². The molecule has 4 heteroatoms. The standard InChI is InChI=1S/C14H19N3O/c1-2-17-6-7-18-13(10-16)14(17)12-5-3-4-11(8-12)9-15/h3-5,8,13-14H,2,6-7,10,16H2,1H3. The van der Waals surface area contributed by atoms with Gasteiger partial charge in [-0.2, -0.15) is 5.26 Å². The third kappa shape index (κ3) is 2.54. The van der Waals surface area contributed by atoms with Crippen LogP contribution in [0.2, 0.25) is 0 Å². The first kappa shape index (κ1) is 13.0.